The van der Waals surface area contributed by atoms with Crippen LogP contribution in [-0.2, 0) is 21.2 Å². The summed E-state index contributed by atoms with van der Waals surface area (Å²) in [5, 5.41) is 0. The van der Waals surface area contributed by atoms with E-state index in [9.17, 15) is 8.42 Å². The van der Waals surface area contributed by atoms with Gasteiger partial charge in [-0.1, -0.05) is 30.3 Å². The van der Waals surface area contributed by atoms with E-state index in [2.05, 4.69) is 0 Å². The summed E-state index contributed by atoms with van der Waals surface area (Å²) in [4.78, 5) is 0.273. The molecule has 0 fully saturated rings. The predicted octanol–water partition coefficient (Wildman–Crippen LogP) is 2.64. The van der Waals surface area contributed by atoms with Crippen LogP contribution in [0.25, 0.3) is 0 Å². The summed E-state index contributed by atoms with van der Waals surface area (Å²) in [6.45, 7) is 0.246. The van der Waals surface area contributed by atoms with Crippen LogP contribution in [0, 0.1) is 0 Å². The summed E-state index contributed by atoms with van der Waals surface area (Å²) >= 11 is 0. The van der Waals surface area contributed by atoms with Gasteiger partial charge in [0.05, 0.1) is 18.6 Å². The van der Waals surface area contributed by atoms with Crippen molar-refractivity contribution in [2.45, 2.75) is 11.5 Å². The van der Waals surface area contributed by atoms with Crippen molar-refractivity contribution >= 4 is 9.84 Å². The lowest BCUT2D eigenvalue weighted by Crippen LogP contribution is -2.10. The summed E-state index contributed by atoms with van der Waals surface area (Å²) in [6, 6.07) is 15.6. The van der Waals surface area contributed by atoms with Crippen LogP contribution in [0.5, 0.6) is 5.75 Å². The van der Waals surface area contributed by atoms with Gasteiger partial charge in [0.25, 0.3) is 0 Å². The average Bonchev–Trinajstić information content (AvgIpc) is 2.49. The van der Waals surface area contributed by atoms with Crippen molar-refractivity contribution in [3.63, 3.8) is 0 Å². The standard InChI is InChI=1S/C15H16O4S/c1-18-14-9-7-13(8-10-14)11-19-12-20(16,17)15-5-3-2-4-6-15/h2-10H,11-12H2,1H3. The minimum atomic E-state index is -3.39. The molecule has 2 rings (SSSR count). The highest BCUT2D eigenvalue weighted by Gasteiger charge is 2.13. The molecule has 0 aromatic heterocycles. The predicted molar refractivity (Wildman–Crippen MR) is 76.3 cm³/mol. The molecular formula is C15H16O4S. The van der Waals surface area contributed by atoms with E-state index in [0.717, 1.165) is 11.3 Å². The SMILES string of the molecule is COc1ccc(COCS(=O)(=O)c2ccccc2)cc1. The van der Waals surface area contributed by atoms with Gasteiger partial charge in [0.2, 0.25) is 9.84 Å². The van der Waals surface area contributed by atoms with Crippen LogP contribution in [0.4, 0.5) is 0 Å². The average molecular weight is 292 g/mol. The minimum absolute atomic E-state index is 0.246. The Morgan fingerprint density at radius 3 is 2.20 bits per heavy atom. The quantitative estimate of drug-likeness (QED) is 0.821. The Bertz CT molecular complexity index is 633. The summed E-state index contributed by atoms with van der Waals surface area (Å²) in [5.74, 6) is 0.425. The zero-order chi connectivity index (χ0) is 14.4. The highest BCUT2D eigenvalue weighted by molar-refractivity contribution is 7.91. The number of rotatable bonds is 6. The van der Waals surface area contributed by atoms with Crippen molar-refractivity contribution < 1.29 is 17.9 Å². The van der Waals surface area contributed by atoms with Gasteiger partial charge in [-0.25, -0.2) is 8.42 Å². The fraction of sp³-hybridized carbons (Fsp3) is 0.200. The maximum absolute atomic E-state index is 12.0. The van der Waals surface area contributed by atoms with E-state index in [4.69, 9.17) is 9.47 Å². The molecule has 2 aromatic carbocycles. The van der Waals surface area contributed by atoms with Crippen LogP contribution < -0.4 is 4.74 Å². The van der Waals surface area contributed by atoms with Crippen LogP contribution in [-0.4, -0.2) is 21.5 Å². The molecule has 0 atom stereocenters. The van der Waals surface area contributed by atoms with Crippen LogP contribution in [0.3, 0.4) is 0 Å². The summed E-state index contributed by atoms with van der Waals surface area (Å²) in [6.07, 6.45) is 0. The molecular weight excluding hydrogens is 276 g/mol. The molecule has 0 aliphatic heterocycles. The van der Waals surface area contributed by atoms with Gasteiger partial charge in [0.1, 0.15) is 5.75 Å². The molecule has 0 amide bonds. The van der Waals surface area contributed by atoms with Gasteiger partial charge in [0, 0.05) is 0 Å². The third kappa shape index (κ3) is 3.82. The van der Waals surface area contributed by atoms with Gasteiger partial charge in [0.15, 0.2) is 5.94 Å². The van der Waals surface area contributed by atoms with E-state index < -0.39 is 9.84 Å². The molecule has 4 nitrogen and oxygen atoms in total. The second-order valence-corrected chi connectivity index (χ2v) is 6.18. The van der Waals surface area contributed by atoms with Gasteiger partial charge in [-0.2, -0.15) is 0 Å². The molecule has 0 heterocycles. The van der Waals surface area contributed by atoms with E-state index in [-0.39, 0.29) is 17.4 Å². The fourth-order valence-electron chi connectivity index (χ4n) is 1.69. The van der Waals surface area contributed by atoms with E-state index in [0.29, 0.717) is 0 Å². The maximum Gasteiger partial charge on any atom is 0.202 e. The highest BCUT2D eigenvalue weighted by Crippen LogP contribution is 2.14. The first-order valence-corrected chi connectivity index (χ1v) is 7.75. The highest BCUT2D eigenvalue weighted by atomic mass is 32.2. The molecule has 0 unspecified atom stereocenters. The molecule has 0 radical (unpaired) electrons. The van der Waals surface area contributed by atoms with Crippen molar-refractivity contribution in [1.82, 2.24) is 0 Å². The van der Waals surface area contributed by atoms with E-state index in [1.54, 1.807) is 37.4 Å². The molecule has 0 aliphatic rings. The zero-order valence-electron chi connectivity index (χ0n) is 11.2. The largest absolute Gasteiger partial charge is 0.497 e. The molecule has 0 saturated heterocycles. The van der Waals surface area contributed by atoms with Gasteiger partial charge in [-0.15, -0.1) is 0 Å². The number of ether oxygens (including phenoxy) is 2. The lowest BCUT2D eigenvalue weighted by atomic mass is 10.2. The minimum Gasteiger partial charge on any atom is -0.497 e. The summed E-state index contributed by atoms with van der Waals surface area (Å²) in [5.41, 5.74) is 0.897. The van der Waals surface area contributed by atoms with Crippen LogP contribution in [0.15, 0.2) is 59.5 Å². The number of methoxy groups -OCH3 is 1. The summed E-state index contributed by atoms with van der Waals surface area (Å²) < 4.78 is 34.3. The fourth-order valence-corrected chi connectivity index (χ4v) is 2.70. The molecule has 106 valence electrons. The van der Waals surface area contributed by atoms with Gasteiger partial charge >= 0.3 is 0 Å². The number of hydrogen-bond acceptors (Lipinski definition) is 4. The third-order valence-corrected chi connectivity index (χ3v) is 4.24. The lowest BCUT2D eigenvalue weighted by Gasteiger charge is -2.07. The molecule has 0 spiro atoms. The third-order valence-electron chi connectivity index (χ3n) is 2.77. The topological polar surface area (TPSA) is 52.6 Å². The Kier molecular flexibility index (Phi) is 4.76. The van der Waals surface area contributed by atoms with Crippen LogP contribution >= 0.6 is 0 Å². The Morgan fingerprint density at radius 1 is 0.950 bits per heavy atom. The number of benzene rings is 2. The van der Waals surface area contributed by atoms with E-state index >= 15 is 0 Å². The Morgan fingerprint density at radius 2 is 1.60 bits per heavy atom. The van der Waals surface area contributed by atoms with Crippen molar-refractivity contribution in [2.75, 3.05) is 13.0 Å². The molecule has 0 saturated carbocycles. The smallest absolute Gasteiger partial charge is 0.202 e. The maximum atomic E-state index is 12.0. The first-order valence-electron chi connectivity index (χ1n) is 6.10. The zero-order valence-corrected chi connectivity index (χ0v) is 12.0. The van der Waals surface area contributed by atoms with Crippen LogP contribution in [0.2, 0.25) is 0 Å². The molecule has 0 N–H and O–H groups in total. The Balaban J connectivity index is 1.92. The molecule has 5 heteroatoms. The number of hydrogen-bond donors (Lipinski definition) is 0. The second-order valence-electron chi connectivity index (χ2n) is 4.24. The van der Waals surface area contributed by atoms with Crippen molar-refractivity contribution in [3.05, 3.63) is 60.2 Å². The normalized spacial score (nSPS) is 11.2. The van der Waals surface area contributed by atoms with Crippen molar-refractivity contribution in [2.24, 2.45) is 0 Å². The van der Waals surface area contributed by atoms with E-state index in [1.165, 1.54) is 0 Å². The lowest BCUT2D eigenvalue weighted by molar-refractivity contribution is 0.163. The first-order chi connectivity index (χ1) is 9.62. The Hall–Kier alpha value is -1.85. The Labute approximate surface area is 118 Å². The van der Waals surface area contributed by atoms with Crippen molar-refractivity contribution in [3.8, 4) is 5.75 Å². The monoisotopic (exact) mass is 292 g/mol. The second kappa shape index (κ2) is 6.54. The van der Waals surface area contributed by atoms with Gasteiger partial charge < -0.3 is 9.47 Å². The molecule has 0 bridgehead atoms. The van der Waals surface area contributed by atoms with E-state index in [1.807, 2.05) is 24.3 Å². The van der Waals surface area contributed by atoms with Crippen molar-refractivity contribution in [1.29, 1.82) is 0 Å². The molecule has 2 aromatic rings. The number of sulfone groups is 1. The van der Waals surface area contributed by atoms with Gasteiger partial charge in [-0.05, 0) is 29.8 Å². The molecule has 0 aliphatic carbocycles. The first kappa shape index (κ1) is 14.6. The summed E-state index contributed by atoms with van der Waals surface area (Å²) in [7, 11) is -1.79. The van der Waals surface area contributed by atoms with Crippen LogP contribution in [0.1, 0.15) is 5.56 Å². The van der Waals surface area contributed by atoms with Gasteiger partial charge in [-0.3, -0.25) is 0 Å². The molecule has 20 heavy (non-hydrogen) atoms.